The van der Waals surface area contributed by atoms with E-state index in [1.165, 1.54) is 11.1 Å². The second-order valence-electron chi connectivity index (χ2n) is 4.16. The third kappa shape index (κ3) is 2.35. The minimum atomic E-state index is 0.470. The summed E-state index contributed by atoms with van der Waals surface area (Å²) in [6.45, 7) is 10.1. The molecule has 1 aromatic rings. The van der Waals surface area contributed by atoms with E-state index in [1.807, 2.05) is 13.0 Å². The van der Waals surface area contributed by atoms with Crippen LogP contribution in [0.25, 0.3) is 0 Å². The van der Waals surface area contributed by atoms with Gasteiger partial charge in [0.05, 0.1) is 5.69 Å². The van der Waals surface area contributed by atoms with Crippen molar-refractivity contribution in [3.05, 3.63) is 28.6 Å². The summed E-state index contributed by atoms with van der Waals surface area (Å²) in [4.78, 5) is 4.44. The molecule has 0 spiro atoms. The first-order chi connectivity index (χ1) is 6.97. The van der Waals surface area contributed by atoms with Gasteiger partial charge in [-0.1, -0.05) is 19.0 Å². The molecule has 82 valence electrons. The number of aryl methyl sites for hydroxylation is 2. The van der Waals surface area contributed by atoms with Crippen LogP contribution in [0.4, 0.5) is 0 Å². The molecule has 0 radical (unpaired) electrons. The predicted molar refractivity (Wildman–Crippen MR) is 61.8 cm³/mol. The zero-order valence-electron chi connectivity index (χ0n) is 10.00. The molecular formula is C12H18N2O. The van der Waals surface area contributed by atoms with Crippen LogP contribution in [0.2, 0.25) is 0 Å². The highest BCUT2D eigenvalue weighted by atomic mass is 16.4. The Morgan fingerprint density at radius 1 is 1.40 bits per heavy atom. The summed E-state index contributed by atoms with van der Waals surface area (Å²) < 4.78 is 0. The van der Waals surface area contributed by atoms with Crippen molar-refractivity contribution >= 4 is 5.71 Å². The Balaban J connectivity index is 3.32. The second kappa shape index (κ2) is 4.43. The van der Waals surface area contributed by atoms with Gasteiger partial charge in [-0.2, -0.15) is 0 Å². The van der Waals surface area contributed by atoms with E-state index in [9.17, 15) is 0 Å². The van der Waals surface area contributed by atoms with Crippen LogP contribution in [-0.2, 0) is 0 Å². The van der Waals surface area contributed by atoms with Crippen LogP contribution in [0.15, 0.2) is 11.2 Å². The van der Waals surface area contributed by atoms with E-state index in [-0.39, 0.29) is 0 Å². The van der Waals surface area contributed by atoms with Crippen LogP contribution in [0.5, 0.6) is 0 Å². The summed E-state index contributed by atoms with van der Waals surface area (Å²) in [7, 11) is 0. The monoisotopic (exact) mass is 206 g/mol. The molecule has 0 bridgehead atoms. The number of hydrogen-bond donors (Lipinski definition) is 1. The van der Waals surface area contributed by atoms with Crippen molar-refractivity contribution < 1.29 is 5.21 Å². The molecule has 0 aliphatic carbocycles. The zero-order chi connectivity index (χ0) is 11.6. The van der Waals surface area contributed by atoms with Gasteiger partial charge in [0, 0.05) is 5.69 Å². The molecule has 1 heterocycles. The van der Waals surface area contributed by atoms with Gasteiger partial charge in [0.1, 0.15) is 5.71 Å². The maximum Gasteiger partial charge on any atom is 0.102 e. The van der Waals surface area contributed by atoms with Crippen LogP contribution in [0.1, 0.15) is 49.2 Å². The lowest BCUT2D eigenvalue weighted by atomic mass is 9.96. The smallest absolute Gasteiger partial charge is 0.102 e. The molecule has 0 fully saturated rings. The van der Waals surface area contributed by atoms with Crippen LogP contribution in [0.3, 0.4) is 0 Å². The maximum atomic E-state index is 8.70. The number of oxime groups is 1. The van der Waals surface area contributed by atoms with Gasteiger partial charge >= 0.3 is 0 Å². The molecule has 0 aromatic carbocycles. The van der Waals surface area contributed by atoms with Crippen LogP contribution in [0, 0.1) is 13.8 Å². The van der Waals surface area contributed by atoms with E-state index < -0.39 is 0 Å². The number of nitrogens with zero attached hydrogens (tertiary/aromatic N) is 2. The van der Waals surface area contributed by atoms with Crippen molar-refractivity contribution in [1.29, 1.82) is 0 Å². The number of rotatable bonds is 2. The van der Waals surface area contributed by atoms with E-state index >= 15 is 0 Å². The van der Waals surface area contributed by atoms with Crippen LogP contribution in [-0.4, -0.2) is 15.9 Å². The molecule has 0 aliphatic heterocycles. The van der Waals surface area contributed by atoms with Gasteiger partial charge in [0.15, 0.2) is 0 Å². The lowest BCUT2D eigenvalue weighted by Crippen LogP contribution is -2.06. The normalized spacial score (nSPS) is 12.3. The Kier molecular flexibility index (Phi) is 3.45. The van der Waals surface area contributed by atoms with Gasteiger partial charge in [-0.15, -0.1) is 0 Å². The molecule has 0 saturated carbocycles. The number of hydrogen-bond acceptors (Lipinski definition) is 3. The highest BCUT2D eigenvalue weighted by molar-refractivity contribution is 5.96. The van der Waals surface area contributed by atoms with Gasteiger partial charge < -0.3 is 5.21 Å². The summed E-state index contributed by atoms with van der Waals surface area (Å²) in [5, 5.41) is 11.9. The summed E-state index contributed by atoms with van der Waals surface area (Å²) >= 11 is 0. The first kappa shape index (κ1) is 11.7. The van der Waals surface area contributed by atoms with Crippen molar-refractivity contribution in [1.82, 2.24) is 4.98 Å². The van der Waals surface area contributed by atoms with Gasteiger partial charge in [0.2, 0.25) is 0 Å². The van der Waals surface area contributed by atoms with Gasteiger partial charge in [-0.05, 0) is 43.9 Å². The van der Waals surface area contributed by atoms with E-state index in [0.29, 0.717) is 11.6 Å². The summed E-state index contributed by atoms with van der Waals surface area (Å²) in [6.07, 6.45) is 0. The highest BCUT2D eigenvalue weighted by Gasteiger charge is 2.11. The Labute approximate surface area is 90.8 Å². The fourth-order valence-corrected chi connectivity index (χ4v) is 1.95. The lowest BCUT2D eigenvalue weighted by Gasteiger charge is -2.14. The van der Waals surface area contributed by atoms with Crippen LogP contribution < -0.4 is 0 Å². The quantitative estimate of drug-likeness (QED) is 0.459. The molecule has 3 heteroatoms. The minimum Gasteiger partial charge on any atom is -0.411 e. The van der Waals surface area contributed by atoms with Crippen LogP contribution >= 0.6 is 0 Å². The molecule has 1 aromatic heterocycles. The molecule has 0 aliphatic rings. The standard InChI is InChI=1S/C12H18N2O/c1-7(2)12-8(3)6-11(9(4)14-15)13-10(12)5/h6-7,15H,1-5H3/b14-9+. The summed E-state index contributed by atoms with van der Waals surface area (Å²) in [5.74, 6) is 0.470. The number of aromatic nitrogens is 1. The first-order valence-corrected chi connectivity index (χ1v) is 5.14. The molecule has 0 unspecified atom stereocenters. The number of pyridine rings is 1. The Morgan fingerprint density at radius 2 is 2.00 bits per heavy atom. The lowest BCUT2D eigenvalue weighted by molar-refractivity contribution is 0.319. The van der Waals surface area contributed by atoms with Gasteiger partial charge in [-0.3, -0.25) is 4.98 Å². The Morgan fingerprint density at radius 3 is 2.40 bits per heavy atom. The zero-order valence-corrected chi connectivity index (χ0v) is 10.00. The van der Waals surface area contributed by atoms with E-state index in [4.69, 9.17) is 5.21 Å². The third-order valence-electron chi connectivity index (χ3n) is 2.55. The van der Waals surface area contributed by atoms with E-state index in [0.717, 1.165) is 11.4 Å². The van der Waals surface area contributed by atoms with Crippen molar-refractivity contribution in [3.8, 4) is 0 Å². The molecule has 1 N–H and O–H groups in total. The van der Waals surface area contributed by atoms with E-state index in [1.54, 1.807) is 6.92 Å². The van der Waals surface area contributed by atoms with Gasteiger partial charge in [-0.25, -0.2) is 0 Å². The van der Waals surface area contributed by atoms with Crippen molar-refractivity contribution in [3.63, 3.8) is 0 Å². The average molecular weight is 206 g/mol. The van der Waals surface area contributed by atoms with Crippen molar-refractivity contribution in [2.75, 3.05) is 0 Å². The summed E-state index contributed by atoms with van der Waals surface area (Å²) in [5.41, 5.74) is 4.80. The molecule has 0 atom stereocenters. The Bertz CT molecular complexity index is 372. The highest BCUT2D eigenvalue weighted by Crippen LogP contribution is 2.22. The molecule has 15 heavy (non-hydrogen) atoms. The van der Waals surface area contributed by atoms with Crippen molar-refractivity contribution in [2.45, 2.75) is 40.5 Å². The van der Waals surface area contributed by atoms with Crippen molar-refractivity contribution in [2.24, 2.45) is 5.16 Å². The fraction of sp³-hybridized carbons (Fsp3) is 0.500. The molecule has 0 amide bonds. The predicted octanol–water partition coefficient (Wildman–Crippen LogP) is 3.02. The molecule has 0 saturated heterocycles. The second-order valence-corrected chi connectivity index (χ2v) is 4.16. The molecular weight excluding hydrogens is 188 g/mol. The molecule has 3 nitrogen and oxygen atoms in total. The first-order valence-electron chi connectivity index (χ1n) is 5.14. The largest absolute Gasteiger partial charge is 0.411 e. The maximum absolute atomic E-state index is 8.70. The average Bonchev–Trinajstić information content (AvgIpc) is 2.14. The summed E-state index contributed by atoms with van der Waals surface area (Å²) in [6, 6.07) is 1.97. The third-order valence-corrected chi connectivity index (χ3v) is 2.55. The molecule has 1 rings (SSSR count). The fourth-order valence-electron chi connectivity index (χ4n) is 1.95. The Hall–Kier alpha value is -1.38. The SMILES string of the molecule is C/C(=N\O)c1cc(C)c(C(C)C)c(C)n1. The topological polar surface area (TPSA) is 45.5 Å². The van der Waals surface area contributed by atoms with E-state index in [2.05, 4.69) is 30.9 Å². The van der Waals surface area contributed by atoms with Gasteiger partial charge in [0.25, 0.3) is 0 Å². The minimum absolute atomic E-state index is 0.470.